The van der Waals surface area contributed by atoms with Crippen molar-refractivity contribution in [1.29, 1.82) is 0 Å². The van der Waals surface area contributed by atoms with Crippen LogP contribution in [0.3, 0.4) is 0 Å². The van der Waals surface area contributed by atoms with Gasteiger partial charge in [-0.1, -0.05) is 29.3 Å². The summed E-state index contributed by atoms with van der Waals surface area (Å²) in [5.74, 6) is -1.16. The van der Waals surface area contributed by atoms with Crippen molar-refractivity contribution in [3.63, 3.8) is 0 Å². The predicted molar refractivity (Wildman–Crippen MR) is 106 cm³/mol. The highest BCUT2D eigenvalue weighted by molar-refractivity contribution is 8.18. The summed E-state index contributed by atoms with van der Waals surface area (Å²) in [4.78, 5) is 37.7. The van der Waals surface area contributed by atoms with Gasteiger partial charge in [0.15, 0.2) is 0 Å². The lowest BCUT2D eigenvalue weighted by atomic mass is 10.2. The molecule has 0 aliphatic carbocycles. The molecule has 6 nitrogen and oxygen atoms in total. The van der Waals surface area contributed by atoms with Gasteiger partial charge in [-0.15, -0.1) is 0 Å². The molecule has 3 rings (SSSR count). The summed E-state index contributed by atoms with van der Waals surface area (Å²) in [6.07, 6.45) is 1.48. The fourth-order valence-electron chi connectivity index (χ4n) is 2.28. The summed E-state index contributed by atoms with van der Waals surface area (Å²) in [6, 6.07) is 10.9. The van der Waals surface area contributed by atoms with Gasteiger partial charge < -0.3 is 10.4 Å². The van der Waals surface area contributed by atoms with Crippen LogP contribution in [0.15, 0.2) is 47.4 Å². The summed E-state index contributed by atoms with van der Waals surface area (Å²) in [5.41, 5.74) is 1.06. The van der Waals surface area contributed by atoms with Crippen LogP contribution in [0.5, 0.6) is 5.75 Å². The van der Waals surface area contributed by atoms with Crippen molar-refractivity contribution >= 4 is 63.8 Å². The standard InChI is InChI=1S/C18H12Cl2N2O4S/c19-11-2-4-12(5-3-11)21-16(24)9-22-17(25)15(27-18(22)26)8-10-1-6-14(23)13(20)7-10/h1-8,23H,9H2,(H,21,24)/b15-8+. The number of carbonyl (C=O) groups excluding carboxylic acids is 3. The molecule has 2 N–H and O–H groups in total. The zero-order chi connectivity index (χ0) is 19.6. The average Bonchev–Trinajstić information content (AvgIpc) is 2.87. The molecular weight excluding hydrogens is 411 g/mol. The lowest BCUT2D eigenvalue weighted by molar-refractivity contribution is -0.127. The first-order chi connectivity index (χ1) is 12.8. The molecule has 0 spiro atoms. The van der Waals surface area contributed by atoms with E-state index in [4.69, 9.17) is 23.2 Å². The molecule has 3 amide bonds. The van der Waals surface area contributed by atoms with Crippen LogP contribution in [0.2, 0.25) is 10.0 Å². The van der Waals surface area contributed by atoms with Crippen LogP contribution in [-0.2, 0) is 9.59 Å². The molecule has 138 valence electrons. The highest BCUT2D eigenvalue weighted by Gasteiger charge is 2.36. The van der Waals surface area contributed by atoms with E-state index in [1.807, 2.05) is 0 Å². The van der Waals surface area contributed by atoms with E-state index in [9.17, 15) is 19.5 Å². The number of imide groups is 1. The zero-order valence-electron chi connectivity index (χ0n) is 13.6. The second-order valence-corrected chi connectivity index (χ2v) is 7.37. The number of halogens is 2. The quantitative estimate of drug-likeness (QED) is 0.714. The molecule has 1 aliphatic rings. The third-order valence-electron chi connectivity index (χ3n) is 3.57. The van der Waals surface area contributed by atoms with Crippen LogP contribution in [0.4, 0.5) is 10.5 Å². The Bertz CT molecular complexity index is 960. The van der Waals surface area contributed by atoms with Gasteiger partial charge in [-0.3, -0.25) is 19.3 Å². The molecule has 9 heteroatoms. The number of carbonyl (C=O) groups is 3. The molecule has 2 aromatic carbocycles. The second kappa shape index (κ2) is 8.04. The Balaban J connectivity index is 1.70. The molecule has 1 fully saturated rings. The van der Waals surface area contributed by atoms with Gasteiger partial charge in [0, 0.05) is 10.7 Å². The topological polar surface area (TPSA) is 86.7 Å². The number of nitrogens with zero attached hydrogens (tertiary/aromatic N) is 1. The summed E-state index contributed by atoms with van der Waals surface area (Å²) in [6.45, 7) is -0.402. The van der Waals surface area contributed by atoms with Gasteiger partial charge in [-0.2, -0.15) is 0 Å². The molecule has 2 aromatic rings. The number of hydrogen-bond acceptors (Lipinski definition) is 5. The number of benzene rings is 2. The maximum absolute atomic E-state index is 12.4. The van der Waals surface area contributed by atoms with E-state index in [-0.39, 0.29) is 15.7 Å². The minimum atomic E-state index is -0.569. The number of phenolic OH excluding ortho intramolecular Hbond substituents is 1. The summed E-state index contributed by atoms with van der Waals surface area (Å²) >= 11 is 12.4. The largest absolute Gasteiger partial charge is 0.506 e. The van der Waals surface area contributed by atoms with Gasteiger partial charge in [-0.25, -0.2) is 0 Å². The van der Waals surface area contributed by atoms with E-state index in [1.165, 1.54) is 18.2 Å². The normalized spacial score (nSPS) is 15.5. The number of thioether (sulfide) groups is 1. The number of amides is 3. The molecule has 0 saturated carbocycles. The van der Waals surface area contributed by atoms with Crippen LogP contribution in [0, 0.1) is 0 Å². The lowest BCUT2D eigenvalue weighted by Crippen LogP contribution is -2.36. The first-order valence-corrected chi connectivity index (χ1v) is 9.20. The second-order valence-electron chi connectivity index (χ2n) is 5.53. The van der Waals surface area contributed by atoms with Gasteiger partial charge >= 0.3 is 0 Å². The molecule has 0 bridgehead atoms. The Labute approximate surface area is 168 Å². The molecule has 1 heterocycles. The minimum absolute atomic E-state index is 0.0826. The highest BCUT2D eigenvalue weighted by Crippen LogP contribution is 2.33. The van der Waals surface area contributed by atoms with Crippen LogP contribution >= 0.6 is 35.0 Å². The molecule has 0 radical (unpaired) electrons. The zero-order valence-corrected chi connectivity index (χ0v) is 15.9. The SMILES string of the molecule is O=C(CN1C(=O)S/C(=C/c2ccc(O)c(Cl)c2)C1=O)Nc1ccc(Cl)cc1. The van der Waals surface area contributed by atoms with Crippen molar-refractivity contribution in [1.82, 2.24) is 4.90 Å². The Morgan fingerprint density at radius 2 is 1.85 bits per heavy atom. The third-order valence-corrected chi connectivity index (χ3v) is 5.03. The molecule has 0 unspecified atom stereocenters. The number of aromatic hydroxyl groups is 1. The van der Waals surface area contributed by atoms with Crippen molar-refractivity contribution in [3.8, 4) is 5.75 Å². The number of hydrogen-bond donors (Lipinski definition) is 2. The lowest BCUT2D eigenvalue weighted by Gasteiger charge is -2.12. The van der Waals surface area contributed by atoms with Crippen LogP contribution < -0.4 is 5.32 Å². The number of anilines is 1. The number of phenols is 1. The van der Waals surface area contributed by atoms with E-state index in [0.29, 0.717) is 16.3 Å². The fourth-order valence-corrected chi connectivity index (χ4v) is 3.43. The molecule has 1 saturated heterocycles. The highest BCUT2D eigenvalue weighted by atomic mass is 35.5. The van der Waals surface area contributed by atoms with Crippen molar-refractivity contribution in [2.45, 2.75) is 0 Å². The Kier molecular flexibility index (Phi) is 5.74. The van der Waals surface area contributed by atoms with Crippen molar-refractivity contribution in [3.05, 3.63) is 63.0 Å². The van der Waals surface area contributed by atoms with Crippen molar-refractivity contribution in [2.24, 2.45) is 0 Å². The number of rotatable bonds is 4. The van der Waals surface area contributed by atoms with Gasteiger partial charge in [-0.05, 0) is 59.8 Å². The van der Waals surface area contributed by atoms with Gasteiger partial charge in [0.2, 0.25) is 5.91 Å². The van der Waals surface area contributed by atoms with Gasteiger partial charge in [0.25, 0.3) is 11.1 Å². The minimum Gasteiger partial charge on any atom is -0.506 e. The molecule has 27 heavy (non-hydrogen) atoms. The molecule has 0 aromatic heterocycles. The first-order valence-electron chi connectivity index (χ1n) is 7.63. The molecule has 0 atom stereocenters. The van der Waals surface area contributed by atoms with Crippen molar-refractivity contribution < 1.29 is 19.5 Å². The predicted octanol–water partition coefficient (Wildman–Crippen LogP) is 4.37. The Morgan fingerprint density at radius 1 is 1.15 bits per heavy atom. The Morgan fingerprint density at radius 3 is 2.52 bits per heavy atom. The van der Waals surface area contributed by atoms with E-state index in [0.717, 1.165) is 16.7 Å². The van der Waals surface area contributed by atoms with E-state index in [2.05, 4.69) is 5.32 Å². The number of nitrogens with one attached hydrogen (secondary N) is 1. The van der Waals surface area contributed by atoms with Gasteiger partial charge in [0.05, 0.1) is 9.93 Å². The van der Waals surface area contributed by atoms with Crippen LogP contribution in [0.1, 0.15) is 5.56 Å². The average molecular weight is 423 g/mol. The monoisotopic (exact) mass is 422 g/mol. The Hall–Kier alpha value is -2.48. The smallest absolute Gasteiger partial charge is 0.294 e. The van der Waals surface area contributed by atoms with E-state index < -0.39 is 23.6 Å². The molecule has 1 aliphatic heterocycles. The fraction of sp³-hybridized carbons (Fsp3) is 0.0556. The third kappa shape index (κ3) is 4.63. The van der Waals surface area contributed by atoms with Crippen LogP contribution in [0.25, 0.3) is 6.08 Å². The molecular formula is C18H12Cl2N2O4S. The van der Waals surface area contributed by atoms with E-state index >= 15 is 0 Å². The van der Waals surface area contributed by atoms with Crippen molar-refractivity contribution in [2.75, 3.05) is 11.9 Å². The van der Waals surface area contributed by atoms with E-state index in [1.54, 1.807) is 30.3 Å². The maximum atomic E-state index is 12.4. The summed E-state index contributed by atoms with van der Waals surface area (Å²) < 4.78 is 0. The summed E-state index contributed by atoms with van der Waals surface area (Å²) in [5, 5.41) is 12.2. The summed E-state index contributed by atoms with van der Waals surface area (Å²) in [7, 11) is 0. The van der Waals surface area contributed by atoms with Crippen LogP contribution in [-0.4, -0.2) is 33.6 Å². The first kappa shape index (κ1) is 19.3. The maximum Gasteiger partial charge on any atom is 0.294 e. The van der Waals surface area contributed by atoms with Gasteiger partial charge in [0.1, 0.15) is 12.3 Å².